The average molecular weight is 619 g/mol. The van der Waals surface area contributed by atoms with Crippen molar-refractivity contribution < 1.29 is 42.8 Å². The Labute approximate surface area is 240 Å². The van der Waals surface area contributed by atoms with Crippen molar-refractivity contribution in [2.45, 2.75) is 83.1 Å². The van der Waals surface area contributed by atoms with Crippen LogP contribution in [-0.2, 0) is 9.59 Å². The van der Waals surface area contributed by atoms with E-state index >= 15 is 0 Å². The Kier molecular flexibility index (Phi) is 11.4. The number of ether oxygens (including phenoxy) is 1. The number of nitrogens with one attached hydrogen (secondary N) is 1. The van der Waals surface area contributed by atoms with Crippen molar-refractivity contribution in [2.75, 3.05) is 26.7 Å². The van der Waals surface area contributed by atoms with Crippen LogP contribution in [0.2, 0.25) is 0 Å². The van der Waals surface area contributed by atoms with E-state index in [-0.39, 0.29) is 41.8 Å². The number of benzene rings is 2. The number of amides is 1. The normalized spacial score (nSPS) is 20.6. The Morgan fingerprint density at radius 2 is 1.43 bits per heavy atom. The summed E-state index contributed by atoms with van der Waals surface area (Å²) in [6.45, 7) is 5.14. The van der Waals surface area contributed by atoms with E-state index in [0.29, 0.717) is 12.2 Å². The number of carbonyl (C=O) groups is 2. The van der Waals surface area contributed by atoms with Crippen molar-refractivity contribution in [1.82, 2.24) is 5.32 Å². The maximum atomic E-state index is 13.5. The Morgan fingerprint density at radius 3 is 2.05 bits per heavy atom. The highest BCUT2D eigenvalue weighted by Gasteiger charge is 2.36. The molecule has 1 amide bonds. The summed E-state index contributed by atoms with van der Waals surface area (Å²) in [6, 6.07) is 15.8. The molecule has 0 bridgehead atoms. The summed E-state index contributed by atoms with van der Waals surface area (Å²) in [5, 5.41) is 3.35. The van der Waals surface area contributed by atoms with Crippen LogP contribution in [-0.4, -0.2) is 48.9 Å². The average Bonchev–Trinajstić information content (AvgIpc) is 2.89. The molecule has 0 saturated carbocycles. The van der Waals surface area contributed by atoms with Crippen LogP contribution in [0.25, 0.3) is 0 Å². The van der Waals surface area contributed by atoms with Gasteiger partial charge in [-0.15, -0.1) is 0 Å². The highest BCUT2D eigenvalue weighted by Crippen LogP contribution is 2.44. The van der Waals surface area contributed by atoms with E-state index in [1.165, 1.54) is 32.1 Å². The van der Waals surface area contributed by atoms with E-state index in [1.54, 1.807) is 0 Å². The van der Waals surface area contributed by atoms with Gasteiger partial charge in [0.15, 0.2) is 0 Å². The molecular formula is C31H43IN2O3. The van der Waals surface area contributed by atoms with Crippen molar-refractivity contribution >= 4 is 11.7 Å². The number of fused-ring (bicyclic) bond motifs is 2. The number of nitrogens with zero attached hydrogens (tertiary/aromatic N) is 1. The smallest absolute Gasteiger partial charge is 0.232 e. The topological polar surface area (TPSA) is 55.4 Å². The molecule has 2 heterocycles. The predicted octanol–water partition coefficient (Wildman–Crippen LogP) is 3.36. The molecule has 0 radical (unpaired) electrons. The van der Waals surface area contributed by atoms with E-state index in [4.69, 9.17) is 4.74 Å². The number of hydrogen-bond donors (Lipinski definition) is 1. The van der Waals surface area contributed by atoms with E-state index in [2.05, 4.69) is 19.3 Å². The largest absolute Gasteiger partial charge is 1.00 e. The van der Waals surface area contributed by atoms with Crippen LogP contribution in [0.15, 0.2) is 48.5 Å². The molecule has 2 aliphatic rings. The number of rotatable bonds is 12. The second kappa shape index (κ2) is 14.3. The third-order valence-corrected chi connectivity index (χ3v) is 8.06. The van der Waals surface area contributed by atoms with E-state index in [1.807, 2.05) is 48.5 Å². The van der Waals surface area contributed by atoms with E-state index in [9.17, 15) is 9.59 Å². The molecule has 4 rings (SSSR count). The maximum absolute atomic E-state index is 13.5. The number of hydrogen-bond acceptors (Lipinski definition) is 3. The van der Waals surface area contributed by atoms with Gasteiger partial charge in [0.2, 0.25) is 5.91 Å². The third-order valence-electron chi connectivity index (χ3n) is 8.06. The fourth-order valence-corrected chi connectivity index (χ4v) is 5.66. The molecule has 0 atom stereocenters. The van der Waals surface area contributed by atoms with Gasteiger partial charge in [0.1, 0.15) is 17.3 Å². The van der Waals surface area contributed by atoms with Crippen molar-refractivity contribution in [3.8, 4) is 11.5 Å². The number of quaternary nitrogens is 1. The van der Waals surface area contributed by atoms with Gasteiger partial charge in [-0.25, -0.2) is 0 Å². The zero-order valence-electron chi connectivity index (χ0n) is 22.5. The lowest BCUT2D eigenvalue weighted by Gasteiger charge is -2.41. The first kappa shape index (κ1) is 29.6. The van der Waals surface area contributed by atoms with Crippen LogP contribution >= 0.6 is 0 Å². The standard InChI is InChI=1S/C31H42N2O3.HI/c1-3-4-5-6-7-8-13-25(34)20-23-33(2)21-18-24(19-22-33)32-31(35)30-26-14-9-11-16-28(26)36-29-17-12-10-15-27(29)30;/h9-12,14-17,24,30H,3-8,13,18-23H2,1-2H3;1H. The highest BCUT2D eigenvalue weighted by molar-refractivity contribution is 5.89. The molecule has 0 spiro atoms. The zero-order valence-corrected chi connectivity index (χ0v) is 24.7. The molecule has 0 aromatic heterocycles. The molecule has 1 N–H and O–H groups in total. The molecule has 37 heavy (non-hydrogen) atoms. The van der Waals surface area contributed by atoms with Crippen molar-refractivity contribution in [2.24, 2.45) is 0 Å². The number of piperidine rings is 1. The molecule has 0 unspecified atom stereocenters. The maximum Gasteiger partial charge on any atom is 0.232 e. The van der Waals surface area contributed by atoms with Gasteiger partial charge in [0.25, 0.3) is 0 Å². The van der Waals surface area contributed by atoms with Crippen LogP contribution in [0.3, 0.4) is 0 Å². The number of ketones is 1. The third kappa shape index (κ3) is 8.03. The summed E-state index contributed by atoms with van der Waals surface area (Å²) < 4.78 is 6.99. The van der Waals surface area contributed by atoms with Gasteiger partial charge >= 0.3 is 0 Å². The van der Waals surface area contributed by atoms with Crippen LogP contribution in [0.5, 0.6) is 11.5 Å². The van der Waals surface area contributed by atoms with Crippen molar-refractivity contribution in [3.63, 3.8) is 0 Å². The number of halogens is 1. The van der Waals surface area contributed by atoms with Gasteiger partial charge in [-0.3, -0.25) is 9.59 Å². The van der Waals surface area contributed by atoms with Crippen molar-refractivity contribution in [1.29, 1.82) is 0 Å². The minimum Gasteiger partial charge on any atom is -1.00 e. The van der Waals surface area contributed by atoms with Crippen LogP contribution in [0.4, 0.5) is 0 Å². The van der Waals surface area contributed by atoms with Gasteiger partial charge in [0, 0.05) is 36.4 Å². The summed E-state index contributed by atoms with van der Waals surface area (Å²) >= 11 is 0. The number of likely N-dealkylation sites (tertiary alicyclic amines) is 1. The van der Waals surface area contributed by atoms with Gasteiger partial charge in [-0.05, 0) is 18.6 Å². The molecule has 0 aliphatic carbocycles. The number of Topliss-reactive ketones (excluding diaryl/α,β-unsaturated/α-hetero) is 1. The molecule has 6 heteroatoms. The SMILES string of the molecule is CCCCCCCCC(=O)CC[N+]1(C)CCC(NC(=O)C2c3ccccc3Oc3ccccc32)CC1.[I-]. The Bertz CT molecular complexity index is 987. The van der Waals surface area contributed by atoms with Crippen LogP contribution < -0.4 is 34.0 Å². The molecule has 2 aliphatic heterocycles. The first-order valence-corrected chi connectivity index (χ1v) is 14.0. The quantitative estimate of drug-likeness (QED) is 0.226. The van der Waals surface area contributed by atoms with E-state index < -0.39 is 0 Å². The Hall–Kier alpha value is -1.93. The summed E-state index contributed by atoms with van der Waals surface area (Å²) in [6.07, 6.45) is 10.6. The zero-order chi connectivity index (χ0) is 25.4. The predicted molar refractivity (Wildman–Crippen MR) is 144 cm³/mol. The lowest BCUT2D eigenvalue weighted by Crippen LogP contribution is -3.00. The van der Waals surface area contributed by atoms with E-state index in [0.717, 1.165) is 72.4 Å². The fourth-order valence-electron chi connectivity index (χ4n) is 5.66. The second-order valence-electron chi connectivity index (χ2n) is 11.0. The molecule has 202 valence electrons. The first-order chi connectivity index (χ1) is 17.5. The summed E-state index contributed by atoms with van der Waals surface area (Å²) in [4.78, 5) is 26.0. The van der Waals surface area contributed by atoms with Gasteiger partial charge in [0.05, 0.1) is 39.0 Å². The van der Waals surface area contributed by atoms with Gasteiger partial charge in [-0.2, -0.15) is 0 Å². The fraction of sp³-hybridized carbons (Fsp3) is 0.548. The highest BCUT2D eigenvalue weighted by atomic mass is 127. The Morgan fingerprint density at radius 1 is 0.865 bits per heavy atom. The van der Waals surface area contributed by atoms with Crippen molar-refractivity contribution in [3.05, 3.63) is 59.7 Å². The summed E-state index contributed by atoms with van der Waals surface area (Å²) in [7, 11) is 2.26. The molecule has 2 aromatic rings. The first-order valence-electron chi connectivity index (χ1n) is 14.0. The molecule has 2 aromatic carbocycles. The number of para-hydroxylation sites is 2. The van der Waals surface area contributed by atoms with Gasteiger partial charge in [-0.1, -0.05) is 75.4 Å². The summed E-state index contributed by atoms with van der Waals surface area (Å²) in [5.74, 6) is 1.63. The molecular weight excluding hydrogens is 575 g/mol. The molecule has 5 nitrogen and oxygen atoms in total. The molecule has 1 saturated heterocycles. The minimum atomic E-state index is -0.353. The van der Waals surface area contributed by atoms with Crippen LogP contribution in [0.1, 0.15) is 88.2 Å². The monoisotopic (exact) mass is 618 g/mol. The van der Waals surface area contributed by atoms with Crippen LogP contribution in [0, 0.1) is 0 Å². The lowest BCUT2D eigenvalue weighted by molar-refractivity contribution is -0.913. The summed E-state index contributed by atoms with van der Waals surface area (Å²) in [5.41, 5.74) is 1.85. The molecule has 1 fully saturated rings. The second-order valence-corrected chi connectivity index (χ2v) is 11.0. The Balaban J connectivity index is 0.00000380. The van der Waals surface area contributed by atoms with Gasteiger partial charge < -0.3 is 38.5 Å². The lowest BCUT2D eigenvalue weighted by atomic mass is 9.86. The number of unbranched alkanes of at least 4 members (excludes halogenated alkanes) is 5. The minimum absolute atomic E-state index is 0. The number of carbonyl (C=O) groups excluding carboxylic acids is 2.